The van der Waals surface area contributed by atoms with Crippen molar-refractivity contribution in [1.82, 2.24) is 4.90 Å². The Hall–Kier alpha value is -3.12. The van der Waals surface area contributed by atoms with Crippen LogP contribution in [-0.2, 0) is 16.6 Å². The van der Waals surface area contributed by atoms with Gasteiger partial charge in [-0.1, -0.05) is 56.3 Å². The maximum atomic E-state index is 12.9. The highest BCUT2D eigenvalue weighted by Crippen LogP contribution is 2.22. The van der Waals surface area contributed by atoms with Crippen LogP contribution in [-0.4, -0.2) is 26.3 Å². The van der Waals surface area contributed by atoms with Crippen LogP contribution in [0.15, 0.2) is 77.7 Å². The average Bonchev–Trinajstić information content (AvgIpc) is 2.75. The number of nitrogens with one attached hydrogen (secondary N) is 1. The Kier molecular flexibility index (Phi) is 6.81. The summed E-state index contributed by atoms with van der Waals surface area (Å²) in [4.78, 5) is 14.7. The van der Waals surface area contributed by atoms with Gasteiger partial charge in [0.25, 0.3) is 15.9 Å². The predicted molar refractivity (Wildman–Crippen MR) is 125 cm³/mol. The fourth-order valence-electron chi connectivity index (χ4n) is 3.29. The van der Waals surface area contributed by atoms with Crippen molar-refractivity contribution < 1.29 is 13.2 Å². The second kappa shape index (κ2) is 9.35. The minimum absolute atomic E-state index is 0.117. The third-order valence-corrected chi connectivity index (χ3v) is 6.57. The van der Waals surface area contributed by atoms with E-state index in [2.05, 4.69) is 30.7 Å². The predicted octanol–water partition coefficient (Wildman–Crippen LogP) is 5.19. The van der Waals surface area contributed by atoms with Gasteiger partial charge in [-0.3, -0.25) is 9.52 Å². The third-order valence-electron chi connectivity index (χ3n) is 5.18. The van der Waals surface area contributed by atoms with Crippen molar-refractivity contribution >= 4 is 21.6 Å². The van der Waals surface area contributed by atoms with Gasteiger partial charge >= 0.3 is 0 Å². The fraction of sp³-hybridized carbons (Fsp3) is 0.240. The van der Waals surface area contributed by atoms with E-state index >= 15 is 0 Å². The Bertz CT molecular complexity index is 1160. The highest BCUT2D eigenvalue weighted by atomic mass is 32.2. The monoisotopic (exact) mass is 436 g/mol. The van der Waals surface area contributed by atoms with Crippen molar-refractivity contribution in [3.63, 3.8) is 0 Å². The highest BCUT2D eigenvalue weighted by Gasteiger charge is 2.17. The van der Waals surface area contributed by atoms with Crippen LogP contribution in [0.4, 0.5) is 5.69 Å². The van der Waals surface area contributed by atoms with Gasteiger partial charge in [-0.05, 0) is 59.9 Å². The molecule has 0 aliphatic heterocycles. The normalized spacial score (nSPS) is 11.4. The van der Waals surface area contributed by atoms with E-state index in [-0.39, 0.29) is 10.8 Å². The first kappa shape index (κ1) is 22.6. The summed E-state index contributed by atoms with van der Waals surface area (Å²) in [7, 11) is -1.92. The van der Waals surface area contributed by atoms with Gasteiger partial charge in [0.1, 0.15) is 0 Å². The number of carbonyl (C=O) groups is 1. The molecule has 1 amide bonds. The van der Waals surface area contributed by atoms with Gasteiger partial charge in [0.05, 0.1) is 10.6 Å². The van der Waals surface area contributed by atoms with Crippen molar-refractivity contribution in [2.24, 2.45) is 0 Å². The molecule has 0 unspecified atom stereocenters. The maximum absolute atomic E-state index is 12.9. The van der Waals surface area contributed by atoms with E-state index in [4.69, 9.17) is 0 Å². The maximum Gasteiger partial charge on any atom is 0.261 e. The minimum Gasteiger partial charge on any atom is -0.337 e. The Morgan fingerprint density at radius 3 is 2.19 bits per heavy atom. The third kappa shape index (κ3) is 5.52. The van der Waals surface area contributed by atoms with Crippen molar-refractivity contribution in [3.8, 4) is 0 Å². The number of amides is 1. The zero-order valence-electron chi connectivity index (χ0n) is 18.3. The number of hydrogen-bond acceptors (Lipinski definition) is 3. The summed E-state index contributed by atoms with van der Waals surface area (Å²) >= 11 is 0. The summed E-state index contributed by atoms with van der Waals surface area (Å²) in [6, 6.07) is 21.5. The van der Waals surface area contributed by atoms with Gasteiger partial charge in [-0.25, -0.2) is 8.42 Å². The molecule has 3 aromatic carbocycles. The summed E-state index contributed by atoms with van der Waals surface area (Å²) in [6.45, 7) is 6.58. The molecule has 0 saturated carbocycles. The van der Waals surface area contributed by atoms with Crippen LogP contribution < -0.4 is 4.72 Å². The first-order valence-corrected chi connectivity index (χ1v) is 11.7. The van der Waals surface area contributed by atoms with E-state index in [1.807, 2.05) is 12.1 Å². The van der Waals surface area contributed by atoms with Crippen LogP contribution in [0.3, 0.4) is 0 Å². The van der Waals surface area contributed by atoms with Crippen LogP contribution in [0.2, 0.25) is 0 Å². The van der Waals surface area contributed by atoms with Gasteiger partial charge < -0.3 is 4.90 Å². The lowest BCUT2D eigenvalue weighted by molar-refractivity contribution is 0.0785. The molecule has 0 spiro atoms. The molecular weight excluding hydrogens is 408 g/mol. The summed E-state index contributed by atoms with van der Waals surface area (Å²) in [6.07, 6.45) is 0. The number of aryl methyl sites for hydroxylation is 1. The molecule has 1 N–H and O–H groups in total. The van der Waals surface area contributed by atoms with Gasteiger partial charge in [-0.2, -0.15) is 0 Å². The average molecular weight is 437 g/mol. The molecule has 6 heteroatoms. The summed E-state index contributed by atoms with van der Waals surface area (Å²) < 4.78 is 27.7. The smallest absolute Gasteiger partial charge is 0.261 e. The minimum atomic E-state index is -3.68. The zero-order valence-corrected chi connectivity index (χ0v) is 19.1. The quantitative estimate of drug-likeness (QED) is 0.554. The second-order valence-electron chi connectivity index (χ2n) is 8.01. The molecule has 3 rings (SSSR count). The number of nitrogens with zero attached hydrogens (tertiary/aromatic N) is 1. The number of hydrogen-bond donors (Lipinski definition) is 1. The molecule has 0 aliphatic rings. The molecule has 0 saturated heterocycles. The molecule has 0 heterocycles. The molecule has 0 fully saturated rings. The fourth-order valence-corrected chi connectivity index (χ4v) is 4.44. The molecule has 0 radical (unpaired) electrons. The second-order valence-corrected chi connectivity index (χ2v) is 9.69. The molecule has 162 valence electrons. The lowest BCUT2D eigenvalue weighted by Crippen LogP contribution is -2.26. The molecule has 0 bridgehead atoms. The number of carbonyl (C=O) groups excluding carboxylic acids is 1. The summed E-state index contributed by atoms with van der Waals surface area (Å²) in [5.74, 6) is 0.350. The van der Waals surface area contributed by atoms with E-state index in [9.17, 15) is 13.2 Å². The van der Waals surface area contributed by atoms with Crippen molar-refractivity contribution in [3.05, 3.63) is 95.1 Å². The Morgan fingerprint density at radius 2 is 1.61 bits per heavy atom. The molecule has 0 aliphatic carbocycles. The molecule has 0 aromatic heterocycles. The molecule has 3 aromatic rings. The molecule has 0 atom stereocenters. The molecular formula is C25H28N2O3S. The van der Waals surface area contributed by atoms with Gasteiger partial charge in [-0.15, -0.1) is 0 Å². The number of sulfonamides is 1. The number of benzene rings is 3. The first-order chi connectivity index (χ1) is 14.7. The van der Waals surface area contributed by atoms with E-state index in [0.29, 0.717) is 29.3 Å². The Morgan fingerprint density at radius 1 is 0.968 bits per heavy atom. The van der Waals surface area contributed by atoms with E-state index in [1.54, 1.807) is 55.3 Å². The summed E-state index contributed by atoms with van der Waals surface area (Å²) in [5, 5.41) is 0. The van der Waals surface area contributed by atoms with Crippen molar-refractivity contribution in [2.75, 3.05) is 11.8 Å². The molecule has 5 nitrogen and oxygen atoms in total. The Labute approximate surface area is 184 Å². The first-order valence-electron chi connectivity index (χ1n) is 10.2. The van der Waals surface area contributed by atoms with E-state index < -0.39 is 10.0 Å². The van der Waals surface area contributed by atoms with Crippen LogP contribution in [0, 0.1) is 6.92 Å². The Balaban J connectivity index is 1.72. The van der Waals surface area contributed by atoms with E-state index in [0.717, 1.165) is 5.56 Å². The van der Waals surface area contributed by atoms with E-state index in [1.165, 1.54) is 17.7 Å². The van der Waals surface area contributed by atoms with Crippen molar-refractivity contribution in [2.45, 2.75) is 38.1 Å². The van der Waals surface area contributed by atoms with Crippen molar-refractivity contribution in [1.29, 1.82) is 0 Å². The van der Waals surface area contributed by atoms with Crippen LogP contribution in [0.25, 0.3) is 0 Å². The van der Waals surface area contributed by atoms with Gasteiger partial charge in [0.15, 0.2) is 0 Å². The topological polar surface area (TPSA) is 66.5 Å². The van der Waals surface area contributed by atoms with Gasteiger partial charge in [0.2, 0.25) is 0 Å². The van der Waals surface area contributed by atoms with Crippen LogP contribution in [0.5, 0.6) is 0 Å². The number of rotatable bonds is 7. The zero-order chi connectivity index (χ0) is 22.6. The highest BCUT2D eigenvalue weighted by molar-refractivity contribution is 7.92. The molecule has 31 heavy (non-hydrogen) atoms. The SMILES string of the molecule is Cc1cc(C(=O)N(C)Cc2ccc(C(C)C)cc2)ccc1NS(=O)(=O)c1ccccc1. The van der Waals surface area contributed by atoms with Crippen LogP contribution in [0.1, 0.15) is 46.8 Å². The lowest BCUT2D eigenvalue weighted by Gasteiger charge is -2.19. The lowest BCUT2D eigenvalue weighted by atomic mass is 10.0. The summed E-state index contributed by atoms with van der Waals surface area (Å²) in [5.41, 5.74) is 3.97. The standard InChI is InChI=1S/C25H28N2O3S/c1-18(2)21-12-10-20(11-13-21)17-27(4)25(28)22-14-15-24(19(3)16-22)26-31(29,30)23-8-6-5-7-9-23/h5-16,18,26H,17H2,1-4H3. The largest absolute Gasteiger partial charge is 0.337 e. The number of anilines is 1. The van der Waals surface area contributed by atoms with Crippen LogP contribution >= 0.6 is 0 Å². The van der Waals surface area contributed by atoms with Gasteiger partial charge in [0, 0.05) is 19.2 Å².